The molecule has 1 aliphatic rings. The molecule has 7 nitrogen and oxygen atoms in total. The van der Waals surface area contributed by atoms with E-state index in [0.717, 1.165) is 29.7 Å². The Morgan fingerprint density at radius 2 is 1.93 bits per heavy atom. The van der Waals surface area contributed by atoms with Gasteiger partial charge in [-0.3, -0.25) is 4.79 Å². The fraction of sp³-hybridized carbons (Fsp3) is 0.238. The van der Waals surface area contributed by atoms with Crippen LogP contribution in [0.15, 0.2) is 48.5 Å². The summed E-state index contributed by atoms with van der Waals surface area (Å²) in [6.07, 6.45) is 0.878. The van der Waals surface area contributed by atoms with Crippen molar-refractivity contribution in [2.45, 2.75) is 18.4 Å². The lowest BCUT2D eigenvalue weighted by atomic mass is 9.91. The molecule has 2 aromatic carbocycles. The molecule has 1 fully saturated rings. The summed E-state index contributed by atoms with van der Waals surface area (Å²) in [7, 11) is 1.63. The first-order valence-corrected chi connectivity index (χ1v) is 9.09. The molecular formula is C21H21N3O4. The fourth-order valence-electron chi connectivity index (χ4n) is 3.73. The number of carboxylic acids is 1. The minimum Gasteiger partial charge on any atom is -0.497 e. The van der Waals surface area contributed by atoms with Gasteiger partial charge in [0, 0.05) is 22.5 Å². The van der Waals surface area contributed by atoms with Gasteiger partial charge in [0.15, 0.2) is 0 Å². The van der Waals surface area contributed by atoms with Crippen LogP contribution in [-0.4, -0.2) is 41.7 Å². The van der Waals surface area contributed by atoms with Crippen LogP contribution in [0.2, 0.25) is 0 Å². The quantitative estimate of drug-likeness (QED) is 0.546. The monoisotopic (exact) mass is 379 g/mol. The van der Waals surface area contributed by atoms with E-state index in [4.69, 9.17) is 9.84 Å². The predicted octanol–water partition coefficient (Wildman–Crippen LogP) is 2.96. The number of benzene rings is 2. The summed E-state index contributed by atoms with van der Waals surface area (Å²) in [6.45, 7) is 0.771. The van der Waals surface area contributed by atoms with E-state index in [1.807, 2.05) is 24.3 Å². The third-order valence-corrected chi connectivity index (χ3v) is 5.17. The number of aromatic carboxylic acids is 1. The minimum atomic E-state index is -1.01. The Balaban J connectivity index is 1.51. The second kappa shape index (κ2) is 7.36. The van der Waals surface area contributed by atoms with Crippen molar-refractivity contribution in [3.8, 4) is 5.75 Å². The summed E-state index contributed by atoms with van der Waals surface area (Å²) >= 11 is 0. The molecule has 3 aromatic rings. The van der Waals surface area contributed by atoms with Crippen LogP contribution in [0.1, 0.15) is 28.4 Å². The number of fused-ring (bicyclic) bond motifs is 1. The maximum absolute atomic E-state index is 12.9. The summed E-state index contributed by atoms with van der Waals surface area (Å²) in [4.78, 5) is 26.8. The van der Waals surface area contributed by atoms with Gasteiger partial charge < -0.3 is 25.5 Å². The number of anilines is 1. The highest BCUT2D eigenvalue weighted by Gasteiger charge is 2.33. The van der Waals surface area contributed by atoms with Crippen molar-refractivity contribution in [2.75, 3.05) is 19.0 Å². The van der Waals surface area contributed by atoms with Crippen molar-refractivity contribution >= 4 is 28.5 Å². The first kappa shape index (κ1) is 18.1. The maximum atomic E-state index is 12.9. The Labute approximate surface area is 161 Å². The van der Waals surface area contributed by atoms with E-state index in [9.17, 15) is 9.59 Å². The third kappa shape index (κ3) is 3.44. The van der Waals surface area contributed by atoms with Crippen molar-refractivity contribution in [1.82, 2.24) is 10.3 Å². The molecule has 0 radical (unpaired) electrons. The topological polar surface area (TPSA) is 103 Å². The standard InChI is InChI=1S/C21H21N3O4/c1-28-15-5-2-12(3-6-15)16-8-9-22-19(16)20(25)23-14-4-7-17-13(10-14)11-18(24-17)21(26)27/h2-7,10-11,16,19,22,24H,8-9H2,1H3,(H,23,25)(H,26,27). The first-order valence-electron chi connectivity index (χ1n) is 9.09. The van der Waals surface area contributed by atoms with Crippen LogP contribution in [0.5, 0.6) is 5.75 Å². The molecule has 1 aliphatic heterocycles. The first-order chi connectivity index (χ1) is 13.5. The van der Waals surface area contributed by atoms with E-state index < -0.39 is 5.97 Å². The van der Waals surface area contributed by atoms with Gasteiger partial charge in [-0.1, -0.05) is 12.1 Å². The molecule has 1 amide bonds. The normalized spacial score (nSPS) is 18.9. The molecule has 1 aromatic heterocycles. The summed E-state index contributed by atoms with van der Waals surface area (Å²) in [5.41, 5.74) is 2.56. The number of methoxy groups -OCH3 is 1. The van der Waals surface area contributed by atoms with E-state index >= 15 is 0 Å². The average Bonchev–Trinajstić information content (AvgIpc) is 3.35. The molecule has 0 spiro atoms. The minimum absolute atomic E-state index is 0.0838. The summed E-state index contributed by atoms with van der Waals surface area (Å²) in [6, 6.07) is 14.3. The smallest absolute Gasteiger partial charge is 0.352 e. The zero-order chi connectivity index (χ0) is 19.7. The van der Waals surface area contributed by atoms with Gasteiger partial charge in [0.2, 0.25) is 5.91 Å². The number of ether oxygens (including phenoxy) is 1. The van der Waals surface area contributed by atoms with Crippen LogP contribution >= 0.6 is 0 Å². The van der Waals surface area contributed by atoms with Crippen LogP contribution in [0, 0.1) is 0 Å². The fourth-order valence-corrected chi connectivity index (χ4v) is 3.73. The lowest BCUT2D eigenvalue weighted by molar-refractivity contribution is -0.118. The summed E-state index contributed by atoms with van der Waals surface area (Å²) in [5, 5.41) is 16.1. The zero-order valence-electron chi connectivity index (χ0n) is 15.4. The van der Waals surface area contributed by atoms with Crippen LogP contribution in [0.25, 0.3) is 10.9 Å². The number of hydrogen-bond acceptors (Lipinski definition) is 4. The number of aromatic amines is 1. The van der Waals surface area contributed by atoms with Crippen LogP contribution in [-0.2, 0) is 4.79 Å². The SMILES string of the molecule is COc1ccc(C2CCNC2C(=O)Nc2ccc3[nH]c(C(=O)O)cc3c2)cc1. The predicted molar refractivity (Wildman–Crippen MR) is 106 cm³/mol. The molecule has 4 N–H and O–H groups in total. The van der Waals surface area contributed by atoms with E-state index in [1.54, 1.807) is 31.4 Å². The van der Waals surface area contributed by atoms with Crippen LogP contribution in [0.3, 0.4) is 0 Å². The summed E-state index contributed by atoms with van der Waals surface area (Å²) < 4.78 is 5.20. The number of H-pyrrole nitrogens is 1. The van der Waals surface area contributed by atoms with Crippen molar-refractivity contribution < 1.29 is 19.4 Å². The lowest BCUT2D eigenvalue weighted by Crippen LogP contribution is -2.39. The lowest BCUT2D eigenvalue weighted by Gasteiger charge is -2.20. The van der Waals surface area contributed by atoms with Gasteiger partial charge in [0.05, 0.1) is 13.2 Å². The number of amides is 1. The highest BCUT2D eigenvalue weighted by molar-refractivity contribution is 5.99. The molecular weight excluding hydrogens is 358 g/mol. The number of carbonyl (C=O) groups is 2. The zero-order valence-corrected chi connectivity index (χ0v) is 15.4. The molecule has 0 bridgehead atoms. The van der Waals surface area contributed by atoms with Crippen molar-refractivity contribution in [3.63, 3.8) is 0 Å². The highest BCUT2D eigenvalue weighted by Crippen LogP contribution is 2.30. The van der Waals surface area contributed by atoms with Gasteiger partial charge in [0.1, 0.15) is 11.4 Å². The van der Waals surface area contributed by atoms with E-state index in [0.29, 0.717) is 11.2 Å². The second-order valence-electron chi connectivity index (χ2n) is 6.88. The van der Waals surface area contributed by atoms with Gasteiger partial charge in [-0.05, 0) is 54.9 Å². The Morgan fingerprint density at radius 1 is 1.14 bits per heavy atom. The molecule has 0 saturated carbocycles. The Kier molecular flexibility index (Phi) is 4.75. The molecule has 144 valence electrons. The Hall–Kier alpha value is -3.32. The van der Waals surface area contributed by atoms with Gasteiger partial charge in [-0.2, -0.15) is 0 Å². The molecule has 7 heteroatoms. The molecule has 2 atom stereocenters. The summed E-state index contributed by atoms with van der Waals surface area (Å²) in [5.74, 6) is -0.248. The number of hydrogen-bond donors (Lipinski definition) is 4. The number of rotatable bonds is 5. The van der Waals surface area contributed by atoms with Crippen molar-refractivity contribution in [1.29, 1.82) is 0 Å². The molecule has 4 rings (SSSR count). The van der Waals surface area contributed by atoms with E-state index in [2.05, 4.69) is 15.6 Å². The van der Waals surface area contributed by atoms with Gasteiger partial charge >= 0.3 is 5.97 Å². The maximum Gasteiger partial charge on any atom is 0.352 e. The average molecular weight is 379 g/mol. The number of carboxylic acid groups (broad SMARTS) is 1. The highest BCUT2D eigenvalue weighted by atomic mass is 16.5. The van der Waals surface area contributed by atoms with Crippen molar-refractivity contribution in [2.24, 2.45) is 0 Å². The second-order valence-corrected chi connectivity index (χ2v) is 6.88. The van der Waals surface area contributed by atoms with E-state index in [-0.39, 0.29) is 23.6 Å². The Morgan fingerprint density at radius 3 is 2.64 bits per heavy atom. The van der Waals surface area contributed by atoms with Gasteiger partial charge in [-0.15, -0.1) is 0 Å². The largest absolute Gasteiger partial charge is 0.497 e. The van der Waals surface area contributed by atoms with Gasteiger partial charge in [0.25, 0.3) is 0 Å². The van der Waals surface area contributed by atoms with Crippen molar-refractivity contribution in [3.05, 3.63) is 59.8 Å². The third-order valence-electron chi connectivity index (χ3n) is 5.17. The molecule has 28 heavy (non-hydrogen) atoms. The molecule has 2 unspecified atom stereocenters. The van der Waals surface area contributed by atoms with E-state index in [1.165, 1.54) is 0 Å². The Bertz CT molecular complexity index is 1030. The van der Waals surface area contributed by atoms with Gasteiger partial charge in [-0.25, -0.2) is 4.79 Å². The molecule has 0 aliphatic carbocycles. The number of aromatic nitrogens is 1. The number of nitrogens with one attached hydrogen (secondary N) is 3. The molecule has 1 saturated heterocycles. The number of carbonyl (C=O) groups excluding carboxylic acids is 1. The molecule has 2 heterocycles. The van der Waals surface area contributed by atoms with Crippen LogP contribution in [0.4, 0.5) is 5.69 Å². The van der Waals surface area contributed by atoms with Crippen LogP contribution < -0.4 is 15.4 Å².